The van der Waals surface area contributed by atoms with Crippen molar-refractivity contribution in [1.82, 2.24) is 0 Å². The third-order valence-corrected chi connectivity index (χ3v) is 5.74. The van der Waals surface area contributed by atoms with Crippen molar-refractivity contribution in [2.45, 2.75) is 76.7 Å². The highest BCUT2D eigenvalue weighted by Gasteiger charge is 2.22. The topological polar surface area (TPSA) is 9.23 Å². The molecule has 1 aliphatic heterocycles. The summed E-state index contributed by atoms with van der Waals surface area (Å²) in [6.45, 7) is 3.17. The predicted octanol–water partition coefficient (Wildman–Crippen LogP) is 7.37. The average molecular weight is 351 g/mol. The fraction of sp³-hybridized carbons (Fsp3) is 0.520. The van der Waals surface area contributed by atoms with Gasteiger partial charge in [-0.3, -0.25) is 0 Å². The highest BCUT2D eigenvalue weighted by Crippen LogP contribution is 2.31. The minimum absolute atomic E-state index is 0.501. The van der Waals surface area contributed by atoms with Crippen LogP contribution in [-0.4, -0.2) is 12.7 Å². The molecule has 0 amide bonds. The Kier molecular flexibility index (Phi) is 7.76. The molecule has 1 heteroatoms. The van der Waals surface area contributed by atoms with Gasteiger partial charge in [0.15, 0.2) is 0 Å². The van der Waals surface area contributed by atoms with E-state index < -0.39 is 0 Å². The fourth-order valence-electron chi connectivity index (χ4n) is 4.03. The summed E-state index contributed by atoms with van der Waals surface area (Å²) in [7, 11) is 0. The van der Waals surface area contributed by atoms with Gasteiger partial charge < -0.3 is 4.74 Å². The Hall–Kier alpha value is -1.60. The number of hydrogen-bond acceptors (Lipinski definition) is 1. The quantitative estimate of drug-likeness (QED) is 0.429. The molecule has 2 aromatic rings. The number of hydrogen-bond donors (Lipinski definition) is 0. The average Bonchev–Trinajstić information content (AvgIpc) is 2.72. The van der Waals surface area contributed by atoms with Crippen molar-refractivity contribution in [3.63, 3.8) is 0 Å². The Balaban J connectivity index is 1.41. The maximum absolute atomic E-state index is 6.19. The van der Waals surface area contributed by atoms with Crippen molar-refractivity contribution in [1.29, 1.82) is 0 Å². The van der Waals surface area contributed by atoms with E-state index in [2.05, 4.69) is 61.5 Å². The Morgan fingerprint density at radius 1 is 0.769 bits per heavy atom. The van der Waals surface area contributed by atoms with Crippen LogP contribution in [0.4, 0.5) is 0 Å². The first-order valence-electron chi connectivity index (χ1n) is 10.6. The van der Waals surface area contributed by atoms with Crippen LogP contribution in [0.1, 0.15) is 76.2 Å². The van der Waals surface area contributed by atoms with E-state index in [4.69, 9.17) is 4.74 Å². The van der Waals surface area contributed by atoms with Gasteiger partial charge in [0.2, 0.25) is 0 Å². The van der Waals surface area contributed by atoms with Crippen LogP contribution < -0.4 is 0 Å². The van der Waals surface area contributed by atoms with Gasteiger partial charge in [0, 0.05) is 5.92 Å². The summed E-state index contributed by atoms with van der Waals surface area (Å²) in [4.78, 5) is 0. The first kappa shape index (κ1) is 19.2. The first-order valence-corrected chi connectivity index (χ1v) is 10.6. The molecule has 1 heterocycles. The molecule has 0 aliphatic carbocycles. The number of ether oxygens (including phenoxy) is 1. The second-order valence-corrected chi connectivity index (χ2v) is 7.77. The fourth-order valence-corrected chi connectivity index (χ4v) is 4.03. The van der Waals surface area contributed by atoms with Crippen molar-refractivity contribution in [3.05, 3.63) is 60.2 Å². The summed E-state index contributed by atoms with van der Waals surface area (Å²) in [6.07, 6.45) is 12.5. The molecule has 2 atom stereocenters. The second-order valence-electron chi connectivity index (χ2n) is 7.77. The van der Waals surface area contributed by atoms with Crippen LogP contribution >= 0.6 is 0 Å². The molecule has 2 unspecified atom stereocenters. The summed E-state index contributed by atoms with van der Waals surface area (Å²) >= 11 is 0. The first-order chi connectivity index (χ1) is 12.9. The van der Waals surface area contributed by atoms with Crippen molar-refractivity contribution < 1.29 is 4.74 Å². The van der Waals surface area contributed by atoms with Crippen LogP contribution in [0.15, 0.2) is 54.6 Å². The number of unbranched alkanes of at least 4 members (excludes halogenated alkanes) is 5. The van der Waals surface area contributed by atoms with Crippen molar-refractivity contribution in [3.8, 4) is 11.1 Å². The van der Waals surface area contributed by atoms with Crippen LogP contribution in [0.3, 0.4) is 0 Å². The van der Waals surface area contributed by atoms with Gasteiger partial charge in [0.1, 0.15) is 0 Å². The molecule has 0 spiro atoms. The lowest BCUT2D eigenvalue weighted by atomic mass is 9.89. The predicted molar refractivity (Wildman–Crippen MR) is 112 cm³/mol. The standard InChI is InChI=1S/C25H34O/c1-2-3-4-5-6-10-13-25-19-18-24(20-26-25)23-16-14-22(15-17-23)21-11-8-7-9-12-21/h7-9,11-12,14-17,24-25H,2-6,10,13,18-20H2,1H3. The molecule has 140 valence electrons. The molecule has 26 heavy (non-hydrogen) atoms. The van der Waals surface area contributed by atoms with E-state index in [0.717, 1.165) is 6.61 Å². The van der Waals surface area contributed by atoms with Gasteiger partial charge in [-0.1, -0.05) is 100 Å². The van der Waals surface area contributed by atoms with E-state index >= 15 is 0 Å². The third kappa shape index (κ3) is 5.71. The van der Waals surface area contributed by atoms with Gasteiger partial charge >= 0.3 is 0 Å². The van der Waals surface area contributed by atoms with E-state index in [1.807, 2.05) is 0 Å². The largest absolute Gasteiger partial charge is 0.378 e. The Morgan fingerprint density at radius 3 is 2.15 bits per heavy atom. The van der Waals surface area contributed by atoms with Gasteiger partial charge in [-0.2, -0.15) is 0 Å². The molecule has 0 radical (unpaired) electrons. The number of rotatable bonds is 9. The van der Waals surface area contributed by atoms with Crippen molar-refractivity contribution >= 4 is 0 Å². The molecule has 0 saturated carbocycles. The highest BCUT2D eigenvalue weighted by molar-refractivity contribution is 5.63. The highest BCUT2D eigenvalue weighted by atomic mass is 16.5. The summed E-state index contributed by atoms with van der Waals surface area (Å²) in [5, 5.41) is 0. The van der Waals surface area contributed by atoms with Gasteiger partial charge in [0.05, 0.1) is 12.7 Å². The minimum Gasteiger partial charge on any atom is -0.378 e. The minimum atomic E-state index is 0.501. The van der Waals surface area contributed by atoms with Crippen LogP contribution in [0.5, 0.6) is 0 Å². The van der Waals surface area contributed by atoms with E-state index in [0.29, 0.717) is 12.0 Å². The second kappa shape index (κ2) is 10.5. The van der Waals surface area contributed by atoms with Gasteiger partial charge in [-0.15, -0.1) is 0 Å². The molecular formula is C25H34O. The van der Waals surface area contributed by atoms with Gasteiger partial charge in [-0.25, -0.2) is 0 Å². The molecule has 0 bridgehead atoms. The maximum Gasteiger partial charge on any atom is 0.0575 e. The zero-order valence-electron chi connectivity index (χ0n) is 16.3. The molecule has 0 N–H and O–H groups in total. The SMILES string of the molecule is CCCCCCCCC1CCC(c2ccc(-c3ccccc3)cc2)CO1. The van der Waals surface area contributed by atoms with Crippen LogP contribution in [0.2, 0.25) is 0 Å². The normalized spacial score (nSPS) is 20.2. The van der Waals surface area contributed by atoms with E-state index in [-0.39, 0.29) is 0 Å². The van der Waals surface area contributed by atoms with Gasteiger partial charge in [-0.05, 0) is 36.0 Å². The van der Waals surface area contributed by atoms with Crippen molar-refractivity contribution in [2.24, 2.45) is 0 Å². The smallest absolute Gasteiger partial charge is 0.0575 e. The monoisotopic (exact) mass is 350 g/mol. The van der Waals surface area contributed by atoms with Gasteiger partial charge in [0.25, 0.3) is 0 Å². The molecule has 1 saturated heterocycles. The number of benzene rings is 2. The van der Waals surface area contributed by atoms with Crippen LogP contribution in [0.25, 0.3) is 11.1 Å². The van der Waals surface area contributed by atoms with Crippen molar-refractivity contribution in [2.75, 3.05) is 6.61 Å². The molecule has 3 rings (SSSR count). The lowest BCUT2D eigenvalue weighted by Crippen LogP contribution is -2.24. The Labute approximate surface area is 159 Å². The zero-order chi connectivity index (χ0) is 18.0. The third-order valence-electron chi connectivity index (χ3n) is 5.74. The summed E-state index contributed by atoms with van der Waals surface area (Å²) in [6, 6.07) is 19.7. The zero-order valence-corrected chi connectivity index (χ0v) is 16.3. The van der Waals surface area contributed by atoms with E-state index in [1.54, 1.807) is 0 Å². The molecule has 0 aromatic heterocycles. The molecule has 2 aromatic carbocycles. The summed E-state index contributed by atoms with van der Waals surface area (Å²) in [5.41, 5.74) is 4.02. The Morgan fingerprint density at radius 2 is 1.46 bits per heavy atom. The summed E-state index contributed by atoms with van der Waals surface area (Å²) in [5.74, 6) is 0.570. The van der Waals surface area contributed by atoms with Crippen LogP contribution in [-0.2, 0) is 4.74 Å². The molecule has 1 nitrogen and oxygen atoms in total. The lowest BCUT2D eigenvalue weighted by Gasteiger charge is -2.29. The molecule has 1 aliphatic rings. The lowest BCUT2D eigenvalue weighted by molar-refractivity contribution is -0.00213. The molecular weight excluding hydrogens is 316 g/mol. The van der Waals surface area contributed by atoms with E-state index in [1.165, 1.54) is 74.5 Å². The summed E-state index contributed by atoms with van der Waals surface area (Å²) < 4.78 is 6.19. The van der Waals surface area contributed by atoms with E-state index in [9.17, 15) is 0 Å². The Bertz CT molecular complexity index is 608. The maximum atomic E-state index is 6.19. The molecule has 1 fully saturated rings. The van der Waals surface area contributed by atoms with Crippen LogP contribution in [0, 0.1) is 0 Å².